The molecule has 4 unspecified atom stereocenters. The smallest absolute Gasteiger partial charge is 0.332 e. The average Bonchev–Trinajstić information content (AvgIpc) is 2.96. The second-order valence-corrected chi connectivity index (χ2v) is 6.07. The number of rotatable bonds is 2. The number of carbonyl (C=O) groups is 3. The Morgan fingerprint density at radius 1 is 1.19 bits per heavy atom. The second kappa shape index (κ2) is 5.63. The normalized spacial score (nSPS) is 36.0. The molecule has 2 amide bonds. The molecule has 2 N–H and O–H groups in total. The Morgan fingerprint density at radius 2 is 1.95 bits per heavy atom. The molecule has 4 atom stereocenters. The fourth-order valence-electron chi connectivity index (χ4n) is 3.51. The lowest BCUT2D eigenvalue weighted by Crippen LogP contribution is -2.56. The van der Waals surface area contributed by atoms with Gasteiger partial charge in [0.05, 0.1) is 0 Å². The quantitative estimate of drug-likeness (QED) is 0.732. The second-order valence-electron chi connectivity index (χ2n) is 6.07. The van der Waals surface area contributed by atoms with Gasteiger partial charge in [-0.25, -0.2) is 4.79 Å². The van der Waals surface area contributed by atoms with Gasteiger partial charge in [-0.2, -0.15) is 0 Å². The standard InChI is InChI=1S/C14H20N2O5/c17-12-4-1-8-7-16(6-5-9(8)15-12)13(18)10-2-3-11(21-10)14(19)20/h8-11H,1-7H2,(H,15,17)(H,19,20). The highest BCUT2D eigenvalue weighted by atomic mass is 16.5. The Labute approximate surface area is 122 Å². The molecule has 7 nitrogen and oxygen atoms in total. The third-order valence-electron chi connectivity index (χ3n) is 4.70. The molecule has 21 heavy (non-hydrogen) atoms. The number of nitrogens with zero attached hydrogens (tertiary/aromatic N) is 1. The lowest BCUT2D eigenvalue weighted by atomic mass is 9.85. The molecule has 0 bridgehead atoms. The molecule has 3 saturated heterocycles. The van der Waals surface area contributed by atoms with E-state index in [-0.39, 0.29) is 17.9 Å². The molecule has 3 fully saturated rings. The minimum atomic E-state index is -1.00. The summed E-state index contributed by atoms with van der Waals surface area (Å²) in [4.78, 5) is 36.4. The zero-order chi connectivity index (χ0) is 15.0. The van der Waals surface area contributed by atoms with Gasteiger partial charge in [0.15, 0.2) is 6.10 Å². The van der Waals surface area contributed by atoms with Crippen molar-refractivity contribution in [2.24, 2.45) is 5.92 Å². The molecule has 0 aromatic rings. The van der Waals surface area contributed by atoms with Crippen molar-refractivity contribution in [3.63, 3.8) is 0 Å². The van der Waals surface area contributed by atoms with E-state index in [1.165, 1.54) is 0 Å². The zero-order valence-corrected chi connectivity index (χ0v) is 11.8. The third kappa shape index (κ3) is 2.88. The van der Waals surface area contributed by atoms with E-state index < -0.39 is 18.2 Å². The summed E-state index contributed by atoms with van der Waals surface area (Å²) in [5.74, 6) is -0.704. The highest BCUT2D eigenvalue weighted by Gasteiger charge is 2.40. The van der Waals surface area contributed by atoms with E-state index in [1.807, 2.05) is 0 Å². The van der Waals surface area contributed by atoms with Crippen molar-refractivity contribution in [2.75, 3.05) is 13.1 Å². The molecule has 3 aliphatic heterocycles. The Hall–Kier alpha value is -1.63. The van der Waals surface area contributed by atoms with Crippen LogP contribution in [0.2, 0.25) is 0 Å². The first kappa shape index (κ1) is 14.3. The maximum atomic E-state index is 12.4. The number of amides is 2. The highest BCUT2D eigenvalue weighted by molar-refractivity contribution is 5.83. The van der Waals surface area contributed by atoms with Crippen LogP contribution in [0.4, 0.5) is 0 Å². The lowest BCUT2D eigenvalue weighted by molar-refractivity contribution is -0.155. The van der Waals surface area contributed by atoms with E-state index in [1.54, 1.807) is 4.90 Å². The number of hydrogen-bond donors (Lipinski definition) is 2. The molecule has 3 heterocycles. The number of nitrogens with one attached hydrogen (secondary N) is 1. The van der Waals surface area contributed by atoms with Crippen LogP contribution in [0, 0.1) is 5.92 Å². The van der Waals surface area contributed by atoms with Gasteiger partial charge < -0.3 is 20.1 Å². The van der Waals surface area contributed by atoms with Crippen LogP contribution in [0.15, 0.2) is 0 Å². The Kier molecular flexibility index (Phi) is 3.84. The molecule has 0 aliphatic carbocycles. The van der Waals surface area contributed by atoms with Crippen molar-refractivity contribution in [3.8, 4) is 0 Å². The van der Waals surface area contributed by atoms with Crippen LogP contribution in [0.25, 0.3) is 0 Å². The van der Waals surface area contributed by atoms with Gasteiger partial charge in [-0.05, 0) is 31.6 Å². The summed E-state index contributed by atoms with van der Waals surface area (Å²) in [5, 5.41) is 11.9. The molecule has 0 aromatic carbocycles. The van der Waals surface area contributed by atoms with Crippen molar-refractivity contribution in [2.45, 2.75) is 50.4 Å². The molecule has 3 rings (SSSR count). The summed E-state index contributed by atoms with van der Waals surface area (Å²) in [6.07, 6.45) is 1.47. The molecule has 0 radical (unpaired) electrons. The summed E-state index contributed by atoms with van der Waals surface area (Å²) in [6, 6.07) is 0.173. The summed E-state index contributed by atoms with van der Waals surface area (Å²) >= 11 is 0. The first-order chi connectivity index (χ1) is 10.0. The molecular weight excluding hydrogens is 276 g/mol. The van der Waals surface area contributed by atoms with Gasteiger partial charge in [0.2, 0.25) is 5.91 Å². The molecule has 116 valence electrons. The van der Waals surface area contributed by atoms with Crippen LogP contribution in [0.1, 0.15) is 32.1 Å². The van der Waals surface area contributed by atoms with Crippen molar-refractivity contribution in [1.29, 1.82) is 0 Å². The fourth-order valence-corrected chi connectivity index (χ4v) is 3.51. The average molecular weight is 296 g/mol. The Morgan fingerprint density at radius 3 is 2.67 bits per heavy atom. The van der Waals surface area contributed by atoms with Crippen molar-refractivity contribution < 1.29 is 24.2 Å². The molecule has 0 aromatic heterocycles. The zero-order valence-electron chi connectivity index (χ0n) is 11.8. The van der Waals surface area contributed by atoms with E-state index in [0.717, 1.165) is 12.8 Å². The van der Waals surface area contributed by atoms with E-state index >= 15 is 0 Å². The monoisotopic (exact) mass is 296 g/mol. The van der Waals surface area contributed by atoms with Crippen LogP contribution in [-0.4, -0.2) is 59.1 Å². The van der Waals surface area contributed by atoms with Gasteiger partial charge >= 0.3 is 5.97 Å². The summed E-state index contributed by atoms with van der Waals surface area (Å²) < 4.78 is 5.33. The van der Waals surface area contributed by atoms with Gasteiger partial charge in [0.25, 0.3) is 5.91 Å². The lowest BCUT2D eigenvalue weighted by Gasteiger charge is -2.42. The highest BCUT2D eigenvalue weighted by Crippen LogP contribution is 2.28. The first-order valence-electron chi connectivity index (χ1n) is 7.51. The molecular formula is C14H20N2O5. The third-order valence-corrected chi connectivity index (χ3v) is 4.70. The minimum absolute atomic E-state index is 0.0967. The van der Waals surface area contributed by atoms with E-state index in [2.05, 4.69) is 5.32 Å². The molecule has 0 saturated carbocycles. The number of ether oxygens (including phenoxy) is 1. The number of carboxylic acids is 1. The van der Waals surface area contributed by atoms with Gasteiger partial charge in [-0.1, -0.05) is 0 Å². The Bertz CT molecular complexity index is 466. The Balaban J connectivity index is 1.57. The van der Waals surface area contributed by atoms with Crippen molar-refractivity contribution >= 4 is 17.8 Å². The number of fused-ring (bicyclic) bond motifs is 1. The predicted molar refractivity (Wildman–Crippen MR) is 71.4 cm³/mol. The van der Waals surface area contributed by atoms with Crippen molar-refractivity contribution in [3.05, 3.63) is 0 Å². The summed E-state index contributed by atoms with van der Waals surface area (Å²) in [5.41, 5.74) is 0. The van der Waals surface area contributed by atoms with Crippen LogP contribution in [0.5, 0.6) is 0 Å². The summed E-state index contributed by atoms with van der Waals surface area (Å²) in [6.45, 7) is 1.22. The van der Waals surface area contributed by atoms with Crippen LogP contribution in [0.3, 0.4) is 0 Å². The van der Waals surface area contributed by atoms with Gasteiger partial charge in [-0.3, -0.25) is 9.59 Å². The van der Waals surface area contributed by atoms with Crippen LogP contribution < -0.4 is 5.32 Å². The fraction of sp³-hybridized carbons (Fsp3) is 0.786. The molecule has 7 heteroatoms. The number of aliphatic carboxylic acids is 1. The van der Waals surface area contributed by atoms with Gasteiger partial charge in [-0.15, -0.1) is 0 Å². The number of carbonyl (C=O) groups excluding carboxylic acids is 2. The number of likely N-dealkylation sites (tertiary alicyclic amines) is 1. The van der Waals surface area contributed by atoms with Crippen LogP contribution >= 0.6 is 0 Å². The topological polar surface area (TPSA) is 95.9 Å². The number of piperidine rings is 2. The van der Waals surface area contributed by atoms with Gasteiger partial charge in [0.1, 0.15) is 6.10 Å². The summed E-state index contributed by atoms with van der Waals surface area (Å²) in [7, 11) is 0. The number of hydrogen-bond acceptors (Lipinski definition) is 4. The van der Waals surface area contributed by atoms with E-state index in [0.29, 0.717) is 38.3 Å². The molecule has 3 aliphatic rings. The molecule has 0 spiro atoms. The largest absolute Gasteiger partial charge is 0.479 e. The number of carboxylic acid groups (broad SMARTS) is 1. The predicted octanol–water partition coefficient (Wildman–Crippen LogP) is -0.254. The van der Waals surface area contributed by atoms with E-state index in [9.17, 15) is 14.4 Å². The first-order valence-corrected chi connectivity index (χ1v) is 7.51. The SMILES string of the molecule is O=C1CCC2CN(C(=O)C3CCC(C(=O)O)O3)CCC2N1. The van der Waals surface area contributed by atoms with Crippen molar-refractivity contribution in [1.82, 2.24) is 10.2 Å². The van der Waals surface area contributed by atoms with Crippen LogP contribution in [-0.2, 0) is 19.1 Å². The van der Waals surface area contributed by atoms with E-state index in [4.69, 9.17) is 9.84 Å². The maximum absolute atomic E-state index is 12.4. The minimum Gasteiger partial charge on any atom is -0.479 e. The van der Waals surface area contributed by atoms with Gasteiger partial charge in [0, 0.05) is 25.6 Å². The maximum Gasteiger partial charge on any atom is 0.332 e.